The molecule has 0 N–H and O–H groups in total. The van der Waals surface area contributed by atoms with Crippen molar-refractivity contribution in [2.45, 2.75) is 11.3 Å². The van der Waals surface area contributed by atoms with Crippen LogP contribution in [0.5, 0.6) is 0 Å². The molecule has 2 aromatic carbocycles. The van der Waals surface area contributed by atoms with Crippen LogP contribution in [0.15, 0.2) is 47.4 Å². The second kappa shape index (κ2) is 8.14. The SMILES string of the molecule is O=C(Cc1c(Cl)cccc1Cl)N1CCN(S(=O)(=O)c2ccccc2F)CC1. The molecule has 1 heterocycles. The van der Waals surface area contributed by atoms with Gasteiger partial charge in [0.05, 0.1) is 6.42 Å². The van der Waals surface area contributed by atoms with Crippen molar-refractivity contribution in [2.24, 2.45) is 0 Å². The lowest BCUT2D eigenvalue weighted by atomic mass is 10.1. The third-order valence-electron chi connectivity index (χ3n) is 4.44. The van der Waals surface area contributed by atoms with Crippen LogP contribution in [0.25, 0.3) is 0 Å². The fourth-order valence-electron chi connectivity index (χ4n) is 2.94. The lowest BCUT2D eigenvalue weighted by Crippen LogP contribution is -2.51. The molecule has 2 aromatic rings. The number of hydrogen-bond acceptors (Lipinski definition) is 3. The maximum absolute atomic E-state index is 13.9. The Bertz CT molecular complexity index is 941. The third-order valence-corrected chi connectivity index (χ3v) is 7.08. The zero-order chi connectivity index (χ0) is 19.6. The van der Waals surface area contributed by atoms with Gasteiger partial charge in [0.15, 0.2) is 0 Å². The van der Waals surface area contributed by atoms with Crippen LogP contribution in [-0.2, 0) is 21.2 Å². The summed E-state index contributed by atoms with van der Waals surface area (Å²) in [5.74, 6) is -0.975. The monoisotopic (exact) mass is 430 g/mol. The van der Waals surface area contributed by atoms with Crippen LogP contribution in [0.3, 0.4) is 0 Å². The highest BCUT2D eigenvalue weighted by Crippen LogP contribution is 2.26. The number of benzene rings is 2. The summed E-state index contributed by atoms with van der Waals surface area (Å²) < 4.78 is 40.3. The number of amides is 1. The average molecular weight is 431 g/mol. The number of piperazine rings is 1. The van der Waals surface area contributed by atoms with Crippen LogP contribution in [0, 0.1) is 5.82 Å². The first-order valence-electron chi connectivity index (χ1n) is 8.26. The van der Waals surface area contributed by atoms with Crippen LogP contribution in [0.1, 0.15) is 5.56 Å². The van der Waals surface area contributed by atoms with Gasteiger partial charge in [-0.05, 0) is 29.8 Å². The van der Waals surface area contributed by atoms with Crippen molar-refractivity contribution in [1.82, 2.24) is 9.21 Å². The van der Waals surface area contributed by atoms with Crippen LogP contribution in [-0.4, -0.2) is 49.7 Å². The molecule has 3 rings (SSSR count). The van der Waals surface area contributed by atoms with E-state index < -0.39 is 15.8 Å². The summed E-state index contributed by atoms with van der Waals surface area (Å²) >= 11 is 12.2. The normalized spacial score (nSPS) is 15.7. The Kier molecular flexibility index (Phi) is 6.05. The summed E-state index contributed by atoms with van der Waals surface area (Å²) in [5, 5.41) is 0.827. The fraction of sp³-hybridized carbons (Fsp3) is 0.278. The maximum Gasteiger partial charge on any atom is 0.246 e. The van der Waals surface area contributed by atoms with Crippen molar-refractivity contribution in [3.05, 3.63) is 63.9 Å². The highest BCUT2D eigenvalue weighted by Gasteiger charge is 2.31. The van der Waals surface area contributed by atoms with E-state index in [9.17, 15) is 17.6 Å². The summed E-state index contributed by atoms with van der Waals surface area (Å²) in [7, 11) is -3.94. The molecule has 0 aliphatic carbocycles. The van der Waals surface area contributed by atoms with E-state index >= 15 is 0 Å². The molecule has 1 amide bonds. The molecule has 1 aliphatic heterocycles. The number of nitrogens with zero attached hydrogens (tertiary/aromatic N) is 2. The van der Waals surface area contributed by atoms with E-state index in [1.54, 1.807) is 23.1 Å². The van der Waals surface area contributed by atoms with E-state index in [1.807, 2.05) is 0 Å². The topological polar surface area (TPSA) is 57.7 Å². The van der Waals surface area contributed by atoms with E-state index in [4.69, 9.17) is 23.2 Å². The van der Waals surface area contributed by atoms with Crippen molar-refractivity contribution >= 4 is 39.1 Å². The predicted octanol–water partition coefficient (Wildman–Crippen LogP) is 3.21. The minimum atomic E-state index is -3.94. The molecule has 0 aromatic heterocycles. The Morgan fingerprint density at radius 3 is 2.15 bits per heavy atom. The summed E-state index contributed by atoms with van der Waals surface area (Å²) in [5.41, 5.74) is 0.548. The molecular weight excluding hydrogens is 414 g/mol. The first kappa shape index (κ1) is 20.1. The molecule has 0 radical (unpaired) electrons. The molecule has 0 spiro atoms. The highest BCUT2D eigenvalue weighted by molar-refractivity contribution is 7.89. The van der Waals surface area contributed by atoms with Crippen molar-refractivity contribution in [3.63, 3.8) is 0 Å². The molecular formula is C18H17Cl2FN2O3S. The van der Waals surface area contributed by atoms with Crippen molar-refractivity contribution in [2.75, 3.05) is 26.2 Å². The van der Waals surface area contributed by atoms with Crippen LogP contribution < -0.4 is 0 Å². The number of hydrogen-bond donors (Lipinski definition) is 0. The molecule has 1 saturated heterocycles. The number of carbonyl (C=O) groups is 1. The maximum atomic E-state index is 13.9. The molecule has 0 atom stereocenters. The Balaban J connectivity index is 1.67. The molecule has 5 nitrogen and oxygen atoms in total. The van der Waals surface area contributed by atoms with Crippen molar-refractivity contribution in [3.8, 4) is 0 Å². The van der Waals surface area contributed by atoms with Gasteiger partial charge < -0.3 is 4.90 Å². The zero-order valence-electron chi connectivity index (χ0n) is 14.2. The Morgan fingerprint density at radius 1 is 0.963 bits per heavy atom. The zero-order valence-corrected chi connectivity index (χ0v) is 16.6. The molecule has 0 saturated carbocycles. The van der Waals surface area contributed by atoms with Gasteiger partial charge in [-0.2, -0.15) is 4.31 Å². The van der Waals surface area contributed by atoms with E-state index in [2.05, 4.69) is 0 Å². The summed E-state index contributed by atoms with van der Waals surface area (Å²) in [6, 6.07) is 10.3. The first-order valence-corrected chi connectivity index (χ1v) is 10.5. The summed E-state index contributed by atoms with van der Waals surface area (Å²) in [4.78, 5) is 13.7. The van der Waals surface area contributed by atoms with E-state index in [0.29, 0.717) is 15.6 Å². The van der Waals surface area contributed by atoms with Gasteiger partial charge in [-0.1, -0.05) is 41.4 Å². The molecule has 1 aliphatic rings. The lowest BCUT2D eigenvalue weighted by Gasteiger charge is -2.34. The van der Waals surface area contributed by atoms with Crippen LogP contribution >= 0.6 is 23.2 Å². The average Bonchev–Trinajstić information content (AvgIpc) is 2.65. The number of rotatable bonds is 4. The van der Waals surface area contributed by atoms with E-state index in [-0.39, 0.29) is 43.4 Å². The molecule has 0 unspecified atom stereocenters. The molecule has 144 valence electrons. The first-order chi connectivity index (χ1) is 12.8. The third kappa shape index (κ3) is 4.27. The summed E-state index contributed by atoms with van der Waals surface area (Å²) in [6.45, 7) is 0.625. The minimum Gasteiger partial charge on any atom is -0.340 e. The molecule has 1 fully saturated rings. The standard InChI is InChI=1S/C18H17Cl2FN2O3S/c19-14-4-3-5-15(20)13(14)12-18(24)22-8-10-23(11-9-22)27(25,26)17-7-2-1-6-16(17)21/h1-7H,8-12H2. The van der Waals surface area contributed by atoms with Gasteiger partial charge in [-0.15, -0.1) is 0 Å². The largest absolute Gasteiger partial charge is 0.340 e. The van der Waals surface area contributed by atoms with Gasteiger partial charge in [0.2, 0.25) is 15.9 Å². The number of sulfonamides is 1. The van der Waals surface area contributed by atoms with Gasteiger partial charge in [0, 0.05) is 36.2 Å². The number of carbonyl (C=O) groups excluding carboxylic acids is 1. The van der Waals surface area contributed by atoms with Gasteiger partial charge in [-0.25, -0.2) is 12.8 Å². The second-order valence-corrected chi connectivity index (χ2v) is 8.81. The Hall–Kier alpha value is -1.67. The van der Waals surface area contributed by atoms with Gasteiger partial charge in [-0.3, -0.25) is 4.79 Å². The van der Waals surface area contributed by atoms with Gasteiger partial charge in [0.1, 0.15) is 10.7 Å². The highest BCUT2D eigenvalue weighted by atomic mass is 35.5. The predicted molar refractivity (Wildman–Crippen MR) is 102 cm³/mol. The molecule has 9 heteroatoms. The van der Waals surface area contributed by atoms with Gasteiger partial charge >= 0.3 is 0 Å². The quantitative estimate of drug-likeness (QED) is 0.747. The minimum absolute atomic E-state index is 0.0402. The van der Waals surface area contributed by atoms with Gasteiger partial charge in [0.25, 0.3) is 0 Å². The van der Waals surface area contributed by atoms with Crippen LogP contribution in [0.2, 0.25) is 10.0 Å². The Morgan fingerprint density at radius 2 is 1.56 bits per heavy atom. The smallest absolute Gasteiger partial charge is 0.246 e. The Labute approximate surface area is 167 Å². The second-order valence-electron chi connectivity index (χ2n) is 6.09. The van der Waals surface area contributed by atoms with Crippen molar-refractivity contribution in [1.29, 1.82) is 0 Å². The number of halogens is 3. The van der Waals surface area contributed by atoms with Crippen molar-refractivity contribution < 1.29 is 17.6 Å². The lowest BCUT2D eigenvalue weighted by molar-refractivity contribution is -0.131. The fourth-order valence-corrected chi connectivity index (χ4v) is 4.95. The van der Waals surface area contributed by atoms with E-state index in [1.165, 1.54) is 22.5 Å². The molecule has 0 bridgehead atoms. The van der Waals surface area contributed by atoms with Crippen LogP contribution in [0.4, 0.5) is 4.39 Å². The summed E-state index contributed by atoms with van der Waals surface area (Å²) in [6.07, 6.45) is 0.0402. The molecule has 27 heavy (non-hydrogen) atoms. The van der Waals surface area contributed by atoms with E-state index in [0.717, 1.165) is 6.07 Å².